The Morgan fingerprint density at radius 2 is 0.706 bits per heavy atom. The average molecular weight is 686 g/mol. The molecule has 0 aliphatic heterocycles. The van der Waals surface area contributed by atoms with Crippen molar-refractivity contribution in [1.29, 1.82) is 0 Å². The molecule has 0 atom stereocenters. The third kappa shape index (κ3) is 5.21. The summed E-state index contributed by atoms with van der Waals surface area (Å²) in [5.41, 5.74) is 10.7. The van der Waals surface area contributed by atoms with Gasteiger partial charge in [0.2, 0.25) is 0 Å². The SMILES string of the molecule is c1ccc(-c2ccc(N(c3ccc(-c4ccccc4)cc3)c3ccc(-c4cccc5sc6ccc7sc8ccccc8c7c6c45)cc3)cc2)cc1. The van der Waals surface area contributed by atoms with Crippen LogP contribution in [0.15, 0.2) is 188 Å². The fourth-order valence-corrected chi connectivity index (χ4v) is 9.72. The van der Waals surface area contributed by atoms with E-state index in [4.69, 9.17) is 0 Å². The zero-order valence-electron chi connectivity index (χ0n) is 27.7. The van der Waals surface area contributed by atoms with Gasteiger partial charge in [-0.2, -0.15) is 0 Å². The quantitative estimate of drug-likeness (QED) is 0.168. The van der Waals surface area contributed by atoms with Crippen LogP contribution in [0, 0.1) is 0 Å². The van der Waals surface area contributed by atoms with Crippen LogP contribution in [0.25, 0.3) is 73.7 Å². The Balaban J connectivity index is 1.09. The normalized spacial score (nSPS) is 11.5. The third-order valence-electron chi connectivity index (χ3n) is 9.90. The van der Waals surface area contributed by atoms with E-state index in [0.717, 1.165) is 17.1 Å². The van der Waals surface area contributed by atoms with E-state index in [2.05, 4.69) is 193 Å². The van der Waals surface area contributed by atoms with E-state index in [-0.39, 0.29) is 0 Å². The van der Waals surface area contributed by atoms with E-state index in [1.165, 1.54) is 73.7 Å². The summed E-state index contributed by atoms with van der Waals surface area (Å²) >= 11 is 3.78. The summed E-state index contributed by atoms with van der Waals surface area (Å²) in [4.78, 5) is 2.36. The number of hydrogen-bond donors (Lipinski definition) is 0. The van der Waals surface area contributed by atoms with Gasteiger partial charge in [0.1, 0.15) is 0 Å². The van der Waals surface area contributed by atoms with Crippen LogP contribution in [0.4, 0.5) is 17.1 Å². The maximum atomic E-state index is 2.36. The summed E-state index contributed by atoms with van der Waals surface area (Å²) in [6, 6.07) is 68.3. The largest absolute Gasteiger partial charge is 0.311 e. The van der Waals surface area contributed by atoms with Crippen LogP contribution in [0.3, 0.4) is 0 Å². The van der Waals surface area contributed by atoms with Gasteiger partial charge < -0.3 is 4.90 Å². The van der Waals surface area contributed by atoms with Crippen LogP contribution >= 0.6 is 22.7 Å². The molecule has 2 aromatic heterocycles. The molecule has 240 valence electrons. The molecule has 0 fully saturated rings. The minimum atomic E-state index is 1.12. The van der Waals surface area contributed by atoms with Crippen LogP contribution < -0.4 is 4.90 Å². The Kier molecular flexibility index (Phi) is 7.26. The smallest absolute Gasteiger partial charge is 0.0462 e. The highest BCUT2D eigenvalue weighted by Gasteiger charge is 2.18. The van der Waals surface area contributed by atoms with Crippen molar-refractivity contribution in [3.05, 3.63) is 188 Å². The molecule has 0 aliphatic carbocycles. The first-order chi connectivity index (χ1) is 25.3. The van der Waals surface area contributed by atoms with Crippen molar-refractivity contribution in [3.63, 3.8) is 0 Å². The van der Waals surface area contributed by atoms with Crippen molar-refractivity contribution < 1.29 is 0 Å². The van der Waals surface area contributed by atoms with Crippen LogP contribution in [0.1, 0.15) is 0 Å². The molecule has 0 bridgehead atoms. The summed E-state index contributed by atoms with van der Waals surface area (Å²) in [7, 11) is 0. The molecule has 0 radical (unpaired) electrons. The van der Waals surface area contributed by atoms with Gasteiger partial charge in [-0.15, -0.1) is 22.7 Å². The summed E-state index contributed by atoms with van der Waals surface area (Å²) in [6.07, 6.45) is 0. The van der Waals surface area contributed by atoms with Crippen LogP contribution in [0.5, 0.6) is 0 Å². The van der Waals surface area contributed by atoms with Gasteiger partial charge in [0.25, 0.3) is 0 Å². The maximum absolute atomic E-state index is 2.36. The topological polar surface area (TPSA) is 3.24 Å². The first kappa shape index (κ1) is 29.9. The highest BCUT2D eigenvalue weighted by atomic mass is 32.1. The second-order valence-electron chi connectivity index (χ2n) is 12.9. The standard InChI is InChI=1S/C48H31NS2/c1-3-10-32(11-4-1)34-18-24-37(25-19-34)49(38-26-20-35(21-27-38)33-12-5-2-6-13-33)39-28-22-36(23-29-39)40-15-9-17-43-46(40)48-45(51-43)31-30-44-47(48)41-14-7-8-16-42(41)50-44/h1-31H. The highest BCUT2D eigenvalue weighted by Crippen LogP contribution is 2.47. The molecule has 8 aromatic carbocycles. The molecule has 0 unspecified atom stereocenters. The predicted octanol–water partition coefficient (Wildman–Crippen LogP) is 14.9. The molecule has 0 saturated carbocycles. The number of hydrogen-bond acceptors (Lipinski definition) is 3. The van der Waals surface area contributed by atoms with Crippen molar-refractivity contribution in [2.75, 3.05) is 4.90 Å². The van der Waals surface area contributed by atoms with Gasteiger partial charge in [0.05, 0.1) is 0 Å². The average Bonchev–Trinajstić information content (AvgIpc) is 3.78. The minimum Gasteiger partial charge on any atom is -0.311 e. The molecular weight excluding hydrogens is 655 g/mol. The van der Waals surface area contributed by atoms with Crippen LogP contribution in [-0.2, 0) is 0 Å². The molecule has 10 rings (SSSR count). The van der Waals surface area contributed by atoms with E-state index in [0.29, 0.717) is 0 Å². The molecule has 0 aliphatic rings. The monoisotopic (exact) mass is 685 g/mol. The number of fused-ring (bicyclic) bond motifs is 7. The van der Waals surface area contributed by atoms with E-state index in [1.807, 2.05) is 22.7 Å². The number of nitrogens with zero attached hydrogens (tertiary/aromatic N) is 1. The Hall–Kier alpha value is -6.00. The first-order valence-electron chi connectivity index (χ1n) is 17.3. The fourth-order valence-electron chi connectivity index (χ4n) is 7.47. The van der Waals surface area contributed by atoms with E-state index in [9.17, 15) is 0 Å². The maximum Gasteiger partial charge on any atom is 0.0462 e. The van der Waals surface area contributed by atoms with Crippen LogP contribution in [-0.4, -0.2) is 0 Å². The van der Waals surface area contributed by atoms with Gasteiger partial charge in [-0.3, -0.25) is 0 Å². The lowest BCUT2D eigenvalue weighted by molar-refractivity contribution is 1.28. The molecule has 0 amide bonds. The van der Waals surface area contributed by atoms with Crippen molar-refractivity contribution in [2.24, 2.45) is 0 Å². The number of thiophene rings is 2. The van der Waals surface area contributed by atoms with Gasteiger partial charge in [0, 0.05) is 57.4 Å². The lowest BCUT2D eigenvalue weighted by Crippen LogP contribution is -2.09. The molecule has 2 heterocycles. The second-order valence-corrected chi connectivity index (χ2v) is 15.1. The number of anilines is 3. The summed E-state index contributed by atoms with van der Waals surface area (Å²) in [6.45, 7) is 0. The number of rotatable bonds is 6. The minimum absolute atomic E-state index is 1.12. The van der Waals surface area contributed by atoms with Crippen molar-refractivity contribution in [2.45, 2.75) is 0 Å². The molecular formula is C48H31NS2. The summed E-state index contributed by atoms with van der Waals surface area (Å²) in [5, 5.41) is 5.46. The number of benzene rings is 8. The van der Waals surface area contributed by atoms with E-state index in [1.54, 1.807) is 0 Å². The predicted molar refractivity (Wildman–Crippen MR) is 223 cm³/mol. The first-order valence-corrected chi connectivity index (χ1v) is 18.9. The van der Waals surface area contributed by atoms with Gasteiger partial charge in [-0.25, -0.2) is 0 Å². The van der Waals surface area contributed by atoms with Crippen molar-refractivity contribution in [3.8, 4) is 33.4 Å². The summed E-state index contributed by atoms with van der Waals surface area (Å²) < 4.78 is 5.36. The molecule has 51 heavy (non-hydrogen) atoms. The lowest BCUT2D eigenvalue weighted by atomic mass is 9.97. The Morgan fingerprint density at radius 1 is 0.275 bits per heavy atom. The second kappa shape index (κ2) is 12.4. The zero-order chi connectivity index (χ0) is 33.7. The Labute approximate surface area is 304 Å². The molecule has 0 N–H and O–H groups in total. The van der Waals surface area contributed by atoms with Gasteiger partial charge >= 0.3 is 0 Å². The molecule has 10 aromatic rings. The van der Waals surface area contributed by atoms with Gasteiger partial charge in [-0.1, -0.05) is 127 Å². The lowest BCUT2D eigenvalue weighted by Gasteiger charge is -2.26. The Morgan fingerprint density at radius 3 is 1.29 bits per heavy atom. The van der Waals surface area contributed by atoms with Gasteiger partial charge in [-0.05, 0) is 94.0 Å². The molecule has 1 nitrogen and oxygen atoms in total. The summed E-state index contributed by atoms with van der Waals surface area (Å²) in [5.74, 6) is 0. The van der Waals surface area contributed by atoms with Gasteiger partial charge in [0.15, 0.2) is 0 Å². The zero-order valence-corrected chi connectivity index (χ0v) is 29.3. The Bertz CT molecular complexity index is 2730. The molecule has 0 spiro atoms. The third-order valence-corrected chi connectivity index (χ3v) is 12.2. The molecule has 3 heteroatoms. The van der Waals surface area contributed by atoms with Crippen LogP contribution in [0.2, 0.25) is 0 Å². The van der Waals surface area contributed by atoms with E-state index >= 15 is 0 Å². The highest BCUT2D eigenvalue weighted by molar-refractivity contribution is 7.28. The van der Waals surface area contributed by atoms with E-state index < -0.39 is 0 Å². The van der Waals surface area contributed by atoms with Crippen molar-refractivity contribution in [1.82, 2.24) is 0 Å². The fraction of sp³-hybridized carbons (Fsp3) is 0. The van der Waals surface area contributed by atoms with Crippen molar-refractivity contribution >= 4 is 80.1 Å². The molecule has 0 saturated heterocycles.